The Morgan fingerprint density at radius 1 is 1.28 bits per heavy atom. The van der Waals surface area contributed by atoms with E-state index in [0.29, 0.717) is 12.1 Å². The molecule has 0 saturated heterocycles. The molecule has 0 radical (unpaired) electrons. The van der Waals surface area contributed by atoms with Gasteiger partial charge in [-0.3, -0.25) is 0 Å². The van der Waals surface area contributed by atoms with E-state index in [-0.39, 0.29) is 5.82 Å². The van der Waals surface area contributed by atoms with Crippen LogP contribution in [0.4, 0.5) is 4.39 Å². The molecule has 4 heteroatoms. The van der Waals surface area contributed by atoms with Crippen LogP contribution in [0.3, 0.4) is 0 Å². The summed E-state index contributed by atoms with van der Waals surface area (Å²) in [5.41, 5.74) is 0.715. The minimum atomic E-state index is -0.144. The van der Waals surface area contributed by atoms with Gasteiger partial charge in [-0.25, -0.2) is 4.39 Å². The maximum atomic E-state index is 13.4. The molecule has 102 valence electrons. The van der Waals surface area contributed by atoms with Gasteiger partial charge in [0, 0.05) is 16.6 Å². The van der Waals surface area contributed by atoms with Gasteiger partial charge in [0.25, 0.3) is 0 Å². The average Bonchev–Trinajstić information content (AvgIpc) is 2.38. The first-order valence-corrected chi connectivity index (χ1v) is 7.33. The fourth-order valence-electron chi connectivity index (χ4n) is 1.87. The lowest BCUT2D eigenvalue weighted by molar-refractivity contribution is 0.298. The normalized spacial score (nSPS) is 11.2. The van der Waals surface area contributed by atoms with Crippen molar-refractivity contribution in [3.63, 3.8) is 0 Å². The molecule has 0 saturated carbocycles. The Labute approximate surface area is 118 Å². The number of nitrogens with zero attached hydrogens (tertiary/aromatic N) is 1. The molecule has 0 aromatic heterocycles. The first-order valence-electron chi connectivity index (χ1n) is 6.54. The summed E-state index contributed by atoms with van der Waals surface area (Å²) < 4.78 is 14.4. The summed E-state index contributed by atoms with van der Waals surface area (Å²) in [4.78, 5) is 2.39. The highest BCUT2D eigenvalue weighted by atomic mass is 79.9. The van der Waals surface area contributed by atoms with E-state index in [1.54, 1.807) is 6.07 Å². The van der Waals surface area contributed by atoms with Crippen molar-refractivity contribution in [2.24, 2.45) is 0 Å². The molecule has 0 heterocycles. The van der Waals surface area contributed by atoms with Crippen molar-refractivity contribution in [1.29, 1.82) is 0 Å². The molecule has 1 aromatic rings. The van der Waals surface area contributed by atoms with Crippen molar-refractivity contribution in [3.05, 3.63) is 34.1 Å². The molecule has 0 fully saturated rings. The van der Waals surface area contributed by atoms with E-state index in [9.17, 15) is 4.39 Å². The Morgan fingerprint density at radius 2 is 2.00 bits per heavy atom. The predicted molar refractivity (Wildman–Crippen MR) is 78.2 cm³/mol. The summed E-state index contributed by atoms with van der Waals surface area (Å²) in [5, 5.41) is 3.29. The molecule has 0 aliphatic carbocycles. The first kappa shape index (κ1) is 15.6. The van der Waals surface area contributed by atoms with Gasteiger partial charge >= 0.3 is 0 Å². The summed E-state index contributed by atoms with van der Waals surface area (Å²) >= 11 is 3.36. The lowest BCUT2D eigenvalue weighted by Gasteiger charge is -2.17. The number of hydrogen-bond donors (Lipinski definition) is 1. The van der Waals surface area contributed by atoms with Crippen molar-refractivity contribution in [2.45, 2.75) is 26.8 Å². The zero-order chi connectivity index (χ0) is 13.4. The van der Waals surface area contributed by atoms with E-state index in [1.165, 1.54) is 6.07 Å². The molecule has 0 amide bonds. The van der Waals surface area contributed by atoms with Gasteiger partial charge in [-0.05, 0) is 50.8 Å². The zero-order valence-corrected chi connectivity index (χ0v) is 12.8. The van der Waals surface area contributed by atoms with E-state index in [4.69, 9.17) is 0 Å². The molecule has 0 aliphatic heterocycles. The van der Waals surface area contributed by atoms with Crippen LogP contribution in [0.15, 0.2) is 22.7 Å². The maximum Gasteiger partial charge on any atom is 0.127 e. The minimum absolute atomic E-state index is 0.144. The highest BCUT2D eigenvalue weighted by Crippen LogP contribution is 2.15. The summed E-state index contributed by atoms with van der Waals surface area (Å²) in [6.07, 6.45) is 1.09. The highest BCUT2D eigenvalue weighted by Gasteiger charge is 2.02. The van der Waals surface area contributed by atoms with Gasteiger partial charge in [-0.1, -0.05) is 29.8 Å². The van der Waals surface area contributed by atoms with E-state index in [0.717, 1.165) is 37.1 Å². The topological polar surface area (TPSA) is 15.3 Å². The van der Waals surface area contributed by atoms with Crippen molar-refractivity contribution >= 4 is 15.9 Å². The molecular formula is C14H22BrFN2. The first-order chi connectivity index (χ1) is 8.67. The third-order valence-electron chi connectivity index (χ3n) is 3.05. The maximum absolute atomic E-state index is 13.4. The third kappa shape index (κ3) is 5.46. The fraction of sp³-hybridized carbons (Fsp3) is 0.571. The summed E-state index contributed by atoms with van der Waals surface area (Å²) in [7, 11) is 0. The lowest BCUT2D eigenvalue weighted by Crippen LogP contribution is -2.27. The Kier molecular flexibility index (Phi) is 7.47. The van der Waals surface area contributed by atoms with Crippen LogP contribution >= 0.6 is 15.9 Å². The van der Waals surface area contributed by atoms with Crippen molar-refractivity contribution in [2.75, 3.05) is 26.2 Å². The van der Waals surface area contributed by atoms with E-state index >= 15 is 0 Å². The highest BCUT2D eigenvalue weighted by molar-refractivity contribution is 9.10. The number of benzene rings is 1. The Hall–Kier alpha value is -0.450. The molecule has 0 unspecified atom stereocenters. The van der Waals surface area contributed by atoms with Gasteiger partial charge in [0.05, 0.1) is 0 Å². The largest absolute Gasteiger partial charge is 0.313 e. The number of hydrogen-bond acceptors (Lipinski definition) is 2. The average molecular weight is 317 g/mol. The molecule has 1 N–H and O–H groups in total. The number of rotatable bonds is 8. The molecule has 0 atom stereocenters. The fourth-order valence-corrected chi connectivity index (χ4v) is 2.28. The van der Waals surface area contributed by atoms with Crippen LogP contribution in [-0.4, -0.2) is 31.1 Å². The van der Waals surface area contributed by atoms with Crippen LogP contribution in [0.2, 0.25) is 0 Å². The molecule has 1 rings (SSSR count). The van der Waals surface area contributed by atoms with Crippen molar-refractivity contribution < 1.29 is 4.39 Å². The van der Waals surface area contributed by atoms with Gasteiger partial charge in [-0.2, -0.15) is 0 Å². The SMILES string of the molecule is CCN(CC)CCCNCc1cc(Br)ccc1F. The molecule has 0 bridgehead atoms. The van der Waals surface area contributed by atoms with Crippen molar-refractivity contribution in [3.8, 4) is 0 Å². The van der Waals surface area contributed by atoms with Crippen LogP contribution < -0.4 is 5.32 Å². The smallest absolute Gasteiger partial charge is 0.127 e. The van der Waals surface area contributed by atoms with Gasteiger partial charge in [0.2, 0.25) is 0 Å². The van der Waals surface area contributed by atoms with E-state index in [1.807, 2.05) is 6.07 Å². The van der Waals surface area contributed by atoms with Gasteiger partial charge < -0.3 is 10.2 Å². The second-order valence-electron chi connectivity index (χ2n) is 4.29. The van der Waals surface area contributed by atoms with Crippen molar-refractivity contribution in [1.82, 2.24) is 10.2 Å². The van der Waals surface area contributed by atoms with E-state index in [2.05, 4.69) is 40.0 Å². The molecule has 1 aromatic carbocycles. The summed E-state index contributed by atoms with van der Waals surface area (Å²) in [6, 6.07) is 5.04. The van der Waals surface area contributed by atoms with Gasteiger partial charge in [0.1, 0.15) is 5.82 Å². The van der Waals surface area contributed by atoms with Gasteiger partial charge in [-0.15, -0.1) is 0 Å². The van der Waals surface area contributed by atoms with Crippen LogP contribution in [0.5, 0.6) is 0 Å². The van der Waals surface area contributed by atoms with Crippen LogP contribution in [0.1, 0.15) is 25.8 Å². The molecule has 2 nitrogen and oxygen atoms in total. The summed E-state index contributed by atoms with van der Waals surface area (Å²) in [6.45, 7) is 9.14. The molecular weight excluding hydrogens is 295 g/mol. The number of halogens is 2. The summed E-state index contributed by atoms with van der Waals surface area (Å²) in [5.74, 6) is -0.144. The standard InChI is InChI=1S/C14H22BrFN2/c1-3-18(4-2)9-5-8-17-11-12-10-13(15)6-7-14(12)16/h6-7,10,17H,3-5,8-9,11H2,1-2H3. The lowest BCUT2D eigenvalue weighted by atomic mass is 10.2. The molecule has 0 aliphatic rings. The molecule has 18 heavy (non-hydrogen) atoms. The second kappa shape index (κ2) is 8.62. The molecule has 0 spiro atoms. The van der Waals surface area contributed by atoms with E-state index < -0.39 is 0 Å². The zero-order valence-electron chi connectivity index (χ0n) is 11.2. The quantitative estimate of drug-likeness (QED) is 0.739. The minimum Gasteiger partial charge on any atom is -0.313 e. The van der Waals surface area contributed by atoms with Crippen LogP contribution in [-0.2, 0) is 6.54 Å². The monoisotopic (exact) mass is 316 g/mol. The Bertz CT molecular complexity index is 354. The van der Waals surface area contributed by atoms with Crippen LogP contribution in [0.25, 0.3) is 0 Å². The predicted octanol–water partition coefficient (Wildman–Crippen LogP) is 3.41. The Morgan fingerprint density at radius 3 is 2.67 bits per heavy atom. The second-order valence-corrected chi connectivity index (χ2v) is 5.21. The van der Waals surface area contributed by atoms with Gasteiger partial charge in [0.15, 0.2) is 0 Å². The number of nitrogens with one attached hydrogen (secondary N) is 1. The van der Waals surface area contributed by atoms with Crippen LogP contribution in [0, 0.1) is 5.82 Å². The Balaban J connectivity index is 2.23. The third-order valence-corrected chi connectivity index (χ3v) is 3.54.